The van der Waals surface area contributed by atoms with Gasteiger partial charge in [-0.1, -0.05) is 19.1 Å². The second kappa shape index (κ2) is 8.04. The molecule has 1 rings (SSSR count). The molecule has 0 spiro atoms. The van der Waals surface area contributed by atoms with Crippen molar-refractivity contribution in [3.8, 4) is 5.75 Å². The van der Waals surface area contributed by atoms with Crippen molar-refractivity contribution in [1.29, 1.82) is 0 Å². The van der Waals surface area contributed by atoms with E-state index in [1.165, 1.54) is 0 Å². The number of amides is 2. The van der Waals surface area contributed by atoms with Crippen LogP contribution in [0.5, 0.6) is 5.75 Å². The highest BCUT2D eigenvalue weighted by atomic mass is 16.5. The number of carboxylic acid groups (broad SMARTS) is 1. The first-order chi connectivity index (χ1) is 9.51. The van der Waals surface area contributed by atoms with Gasteiger partial charge in [-0.3, -0.25) is 4.79 Å². The molecular formula is C14H20N2O4. The number of urea groups is 1. The molecule has 110 valence electrons. The molecule has 0 radical (unpaired) electrons. The molecule has 1 aromatic carbocycles. The summed E-state index contributed by atoms with van der Waals surface area (Å²) >= 11 is 0. The number of carboxylic acids is 1. The summed E-state index contributed by atoms with van der Waals surface area (Å²) in [5.41, 5.74) is 0.929. The van der Waals surface area contributed by atoms with Gasteiger partial charge in [0.15, 0.2) is 0 Å². The molecule has 0 aliphatic rings. The summed E-state index contributed by atoms with van der Waals surface area (Å²) in [6.07, 6.45) is 0.0379. The smallest absolute Gasteiger partial charge is 0.315 e. The number of methoxy groups -OCH3 is 1. The largest absolute Gasteiger partial charge is 0.497 e. The third-order valence-electron chi connectivity index (χ3n) is 2.72. The van der Waals surface area contributed by atoms with Gasteiger partial charge in [0.2, 0.25) is 0 Å². The minimum absolute atomic E-state index is 0.0379. The highest BCUT2D eigenvalue weighted by molar-refractivity contribution is 5.74. The summed E-state index contributed by atoms with van der Waals surface area (Å²) in [5.74, 6) is -0.231. The normalized spacial score (nSPS) is 11.5. The molecule has 6 nitrogen and oxygen atoms in total. The van der Waals surface area contributed by atoms with E-state index in [0.717, 1.165) is 11.3 Å². The average molecular weight is 280 g/mol. The lowest BCUT2D eigenvalue weighted by Gasteiger charge is -2.11. The maximum atomic E-state index is 11.6. The fourth-order valence-electron chi connectivity index (χ4n) is 1.66. The van der Waals surface area contributed by atoms with E-state index in [1.54, 1.807) is 14.0 Å². The van der Waals surface area contributed by atoms with Crippen LogP contribution in [0.25, 0.3) is 0 Å². The summed E-state index contributed by atoms with van der Waals surface area (Å²) in [6.45, 7) is 2.49. The summed E-state index contributed by atoms with van der Waals surface area (Å²) in [7, 11) is 1.59. The number of benzene rings is 1. The van der Waals surface area contributed by atoms with Crippen molar-refractivity contribution in [3.05, 3.63) is 29.8 Å². The lowest BCUT2D eigenvalue weighted by atomic mass is 10.1. The number of nitrogens with one attached hydrogen (secondary N) is 2. The van der Waals surface area contributed by atoms with Crippen LogP contribution in [0.1, 0.15) is 18.9 Å². The van der Waals surface area contributed by atoms with Crippen molar-refractivity contribution in [2.45, 2.75) is 19.9 Å². The molecule has 6 heteroatoms. The van der Waals surface area contributed by atoms with Crippen molar-refractivity contribution in [2.75, 3.05) is 13.7 Å². The Morgan fingerprint density at radius 3 is 2.75 bits per heavy atom. The highest BCUT2D eigenvalue weighted by Crippen LogP contribution is 2.11. The fraction of sp³-hybridized carbons (Fsp3) is 0.429. The molecule has 0 aliphatic carbocycles. The van der Waals surface area contributed by atoms with E-state index in [0.29, 0.717) is 13.1 Å². The second-order valence-electron chi connectivity index (χ2n) is 4.62. The van der Waals surface area contributed by atoms with Gasteiger partial charge in [0.1, 0.15) is 5.75 Å². The average Bonchev–Trinajstić information content (AvgIpc) is 2.42. The minimum atomic E-state index is -0.865. The second-order valence-corrected chi connectivity index (χ2v) is 4.62. The molecular weight excluding hydrogens is 260 g/mol. The minimum Gasteiger partial charge on any atom is -0.497 e. The van der Waals surface area contributed by atoms with E-state index in [4.69, 9.17) is 9.84 Å². The summed E-state index contributed by atoms with van der Waals surface area (Å²) in [6, 6.07) is 7.09. The van der Waals surface area contributed by atoms with Crippen LogP contribution in [-0.4, -0.2) is 30.8 Å². The number of hydrogen-bond acceptors (Lipinski definition) is 3. The maximum absolute atomic E-state index is 11.6. The predicted molar refractivity (Wildman–Crippen MR) is 74.6 cm³/mol. The Morgan fingerprint density at radius 1 is 1.35 bits per heavy atom. The quantitative estimate of drug-likeness (QED) is 0.708. The van der Waals surface area contributed by atoms with Gasteiger partial charge >= 0.3 is 12.0 Å². The van der Waals surface area contributed by atoms with Gasteiger partial charge in [-0.05, 0) is 23.6 Å². The van der Waals surface area contributed by atoms with Crippen molar-refractivity contribution < 1.29 is 19.4 Å². The van der Waals surface area contributed by atoms with Crippen LogP contribution in [0.4, 0.5) is 4.79 Å². The van der Waals surface area contributed by atoms with Crippen LogP contribution in [0.3, 0.4) is 0 Å². The van der Waals surface area contributed by atoms with E-state index in [-0.39, 0.29) is 18.4 Å². The summed E-state index contributed by atoms with van der Waals surface area (Å²) < 4.78 is 5.09. The van der Waals surface area contributed by atoms with E-state index >= 15 is 0 Å². The first-order valence-corrected chi connectivity index (χ1v) is 6.37. The topological polar surface area (TPSA) is 87.7 Å². The first kappa shape index (κ1) is 15.8. The third-order valence-corrected chi connectivity index (χ3v) is 2.72. The maximum Gasteiger partial charge on any atom is 0.315 e. The van der Waals surface area contributed by atoms with Gasteiger partial charge in [-0.15, -0.1) is 0 Å². The molecule has 2 amide bonds. The molecule has 0 saturated carbocycles. The lowest BCUT2D eigenvalue weighted by Crippen LogP contribution is -2.37. The molecule has 3 N–H and O–H groups in total. The molecule has 0 saturated heterocycles. The van der Waals surface area contributed by atoms with Gasteiger partial charge in [-0.2, -0.15) is 0 Å². The molecule has 1 atom stereocenters. The van der Waals surface area contributed by atoms with Crippen molar-refractivity contribution >= 4 is 12.0 Å². The van der Waals surface area contributed by atoms with Gasteiger partial charge in [0.05, 0.1) is 7.11 Å². The Labute approximate surface area is 118 Å². The van der Waals surface area contributed by atoms with Gasteiger partial charge in [0, 0.05) is 19.5 Å². The SMILES string of the molecule is COc1cccc(CNC(=O)NCC(C)CC(=O)O)c1. The van der Waals surface area contributed by atoms with Crippen LogP contribution in [0, 0.1) is 5.92 Å². The third kappa shape index (κ3) is 6.08. The highest BCUT2D eigenvalue weighted by Gasteiger charge is 2.09. The molecule has 0 fully saturated rings. The monoisotopic (exact) mass is 280 g/mol. The van der Waals surface area contributed by atoms with E-state index in [9.17, 15) is 9.59 Å². The summed E-state index contributed by atoms with van der Waals surface area (Å²) in [4.78, 5) is 22.0. The Hall–Kier alpha value is -2.24. The van der Waals surface area contributed by atoms with Crippen molar-refractivity contribution in [3.63, 3.8) is 0 Å². The number of ether oxygens (including phenoxy) is 1. The van der Waals surface area contributed by atoms with E-state index in [2.05, 4.69) is 10.6 Å². The molecule has 0 bridgehead atoms. The fourth-order valence-corrected chi connectivity index (χ4v) is 1.66. The molecule has 1 unspecified atom stereocenters. The van der Waals surface area contributed by atoms with E-state index in [1.807, 2.05) is 24.3 Å². The Morgan fingerprint density at radius 2 is 2.10 bits per heavy atom. The zero-order valence-electron chi connectivity index (χ0n) is 11.7. The van der Waals surface area contributed by atoms with Gasteiger partial charge < -0.3 is 20.5 Å². The zero-order chi connectivity index (χ0) is 15.0. The molecule has 1 aromatic rings. The number of rotatable bonds is 7. The first-order valence-electron chi connectivity index (χ1n) is 6.37. The number of aliphatic carboxylic acids is 1. The van der Waals surface area contributed by atoms with Gasteiger partial charge in [0.25, 0.3) is 0 Å². The van der Waals surface area contributed by atoms with Crippen molar-refractivity contribution in [2.24, 2.45) is 5.92 Å². The Kier molecular flexibility index (Phi) is 6.36. The standard InChI is InChI=1S/C14H20N2O4/c1-10(6-13(17)18)8-15-14(19)16-9-11-4-3-5-12(7-11)20-2/h3-5,7,10H,6,8-9H2,1-2H3,(H,17,18)(H2,15,16,19). The van der Waals surface area contributed by atoms with E-state index < -0.39 is 5.97 Å². The lowest BCUT2D eigenvalue weighted by molar-refractivity contribution is -0.137. The van der Waals surface area contributed by atoms with Crippen LogP contribution in [0.15, 0.2) is 24.3 Å². The predicted octanol–water partition coefficient (Wildman–Crippen LogP) is 1.61. The van der Waals surface area contributed by atoms with Crippen LogP contribution >= 0.6 is 0 Å². The number of hydrogen-bond donors (Lipinski definition) is 3. The molecule has 0 heterocycles. The van der Waals surface area contributed by atoms with Gasteiger partial charge in [-0.25, -0.2) is 4.79 Å². The zero-order valence-corrected chi connectivity index (χ0v) is 11.7. The molecule has 0 aromatic heterocycles. The van der Waals surface area contributed by atoms with Crippen molar-refractivity contribution in [1.82, 2.24) is 10.6 Å². The number of carbonyl (C=O) groups excluding carboxylic acids is 1. The Bertz CT molecular complexity index is 462. The van der Waals surface area contributed by atoms with Crippen LogP contribution < -0.4 is 15.4 Å². The Balaban J connectivity index is 2.30. The molecule has 0 aliphatic heterocycles. The number of carbonyl (C=O) groups is 2. The van der Waals surface area contributed by atoms with Crippen LogP contribution in [0.2, 0.25) is 0 Å². The molecule has 20 heavy (non-hydrogen) atoms. The summed E-state index contributed by atoms with van der Waals surface area (Å²) in [5, 5.41) is 14.0. The van der Waals surface area contributed by atoms with Crippen LogP contribution in [-0.2, 0) is 11.3 Å².